The SMILES string of the molecule is CSc1ccc(Cl)c(C(=O)OCc2nnc(-c3ccc([N+](=O)[O-])cc3)o2)c1. The fraction of sp³-hybridized carbons (Fsp3) is 0.118. The Morgan fingerprint density at radius 1 is 1.26 bits per heavy atom. The van der Waals surface area contributed by atoms with Crippen LogP contribution in [0.25, 0.3) is 11.5 Å². The van der Waals surface area contributed by atoms with E-state index in [9.17, 15) is 14.9 Å². The molecule has 0 atom stereocenters. The van der Waals surface area contributed by atoms with Gasteiger partial charge in [0, 0.05) is 22.6 Å². The quantitative estimate of drug-likeness (QED) is 0.257. The van der Waals surface area contributed by atoms with Gasteiger partial charge in [-0.25, -0.2) is 4.79 Å². The van der Waals surface area contributed by atoms with Crippen molar-refractivity contribution in [1.29, 1.82) is 0 Å². The summed E-state index contributed by atoms with van der Waals surface area (Å²) in [6.07, 6.45) is 1.89. The van der Waals surface area contributed by atoms with Crippen molar-refractivity contribution in [1.82, 2.24) is 10.2 Å². The van der Waals surface area contributed by atoms with Crippen LogP contribution < -0.4 is 0 Å². The Morgan fingerprint density at radius 3 is 2.67 bits per heavy atom. The van der Waals surface area contributed by atoms with E-state index in [0.717, 1.165) is 4.90 Å². The van der Waals surface area contributed by atoms with Crippen LogP contribution in [-0.4, -0.2) is 27.3 Å². The molecule has 0 aliphatic heterocycles. The molecule has 138 valence electrons. The van der Waals surface area contributed by atoms with Gasteiger partial charge in [0.25, 0.3) is 11.6 Å². The highest BCUT2D eigenvalue weighted by atomic mass is 35.5. The first-order valence-electron chi connectivity index (χ1n) is 7.56. The zero-order valence-corrected chi connectivity index (χ0v) is 15.5. The van der Waals surface area contributed by atoms with Crippen molar-refractivity contribution in [3.05, 3.63) is 69.1 Å². The van der Waals surface area contributed by atoms with Crippen LogP contribution in [0.4, 0.5) is 5.69 Å². The van der Waals surface area contributed by atoms with E-state index in [2.05, 4.69) is 10.2 Å². The Bertz CT molecular complexity index is 990. The van der Waals surface area contributed by atoms with Crippen molar-refractivity contribution < 1.29 is 18.9 Å². The zero-order valence-electron chi connectivity index (χ0n) is 13.9. The van der Waals surface area contributed by atoms with Gasteiger partial charge in [-0.1, -0.05) is 11.6 Å². The second-order valence-electron chi connectivity index (χ2n) is 5.23. The molecule has 1 heterocycles. The molecule has 0 spiro atoms. The number of nitro groups is 1. The number of thioether (sulfide) groups is 1. The maximum Gasteiger partial charge on any atom is 0.340 e. The van der Waals surface area contributed by atoms with Gasteiger partial charge in [-0.2, -0.15) is 0 Å². The van der Waals surface area contributed by atoms with Gasteiger partial charge in [0.1, 0.15) is 0 Å². The highest BCUT2D eigenvalue weighted by Crippen LogP contribution is 2.25. The molecule has 0 aliphatic rings. The van der Waals surface area contributed by atoms with Gasteiger partial charge in [0.2, 0.25) is 5.89 Å². The molecule has 2 aromatic carbocycles. The minimum absolute atomic E-state index is 0.0447. The third-order valence-corrected chi connectivity index (χ3v) is 4.57. The number of aromatic nitrogens is 2. The van der Waals surface area contributed by atoms with Crippen molar-refractivity contribution >= 4 is 35.0 Å². The number of benzene rings is 2. The first kappa shape index (κ1) is 18.9. The molecular formula is C17H12ClN3O5S. The molecule has 3 rings (SSSR count). The summed E-state index contributed by atoms with van der Waals surface area (Å²) >= 11 is 7.52. The molecule has 0 N–H and O–H groups in total. The fourth-order valence-electron chi connectivity index (χ4n) is 2.15. The number of rotatable bonds is 6. The summed E-state index contributed by atoms with van der Waals surface area (Å²) in [6, 6.07) is 10.7. The Hall–Kier alpha value is -2.91. The molecule has 0 saturated carbocycles. The number of esters is 1. The van der Waals surface area contributed by atoms with Crippen molar-refractivity contribution in [2.45, 2.75) is 11.5 Å². The number of non-ortho nitro benzene ring substituents is 1. The largest absolute Gasteiger partial charge is 0.452 e. The number of carbonyl (C=O) groups is 1. The zero-order chi connectivity index (χ0) is 19.4. The van der Waals surface area contributed by atoms with Crippen molar-refractivity contribution in [3.63, 3.8) is 0 Å². The van der Waals surface area contributed by atoms with Crippen LogP contribution in [0.1, 0.15) is 16.2 Å². The van der Waals surface area contributed by atoms with Crippen LogP contribution in [0.5, 0.6) is 0 Å². The van der Waals surface area contributed by atoms with E-state index in [4.69, 9.17) is 20.8 Å². The predicted octanol–water partition coefficient (Wildman–Crippen LogP) is 4.38. The standard InChI is InChI=1S/C17H12ClN3O5S/c1-27-12-6-7-14(18)13(8-12)17(22)25-9-15-19-20-16(26-15)10-2-4-11(5-3-10)21(23)24/h2-8H,9H2,1H3. The van der Waals surface area contributed by atoms with Gasteiger partial charge in [-0.05, 0) is 36.6 Å². The highest BCUT2D eigenvalue weighted by Gasteiger charge is 2.16. The molecule has 0 radical (unpaired) electrons. The first-order chi connectivity index (χ1) is 13.0. The van der Waals surface area contributed by atoms with Crippen LogP contribution >= 0.6 is 23.4 Å². The smallest absolute Gasteiger partial charge is 0.340 e. The lowest BCUT2D eigenvalue weighted by atomic mass is 10.2. The molecule has 0 aliphatic carbocycles. The average Bonchev–Trinajstić information content (AvgIpc) is 3.15. The van der Waals surface area contributed by atoms with Crippen LogP contribution in [0.3, 0.4) is 0 Å². The number of ether oxygens (including phenoxy) is 1. The topological polar surface area (TPSA) is 108 Å². The Morgan fingerprint density at radius 2 is 2.00 bits per heavy atom. The number of carbonyl (C=O) groups excluding carboxylic acids is 1. The van der Waals surface area contributed by atoms with E-state index in [-0.39, 0.29) is 34.7 Å². The van der Waals surface area contributed by atoms with E-state index >= 15 is 0 Å². The lowest BCUT2D eigenvalue weighted by Crippen LogP contribution is -2.06. The first-order valence-corrected chi connectivity index (χ1v) is 9.16. The number of halogens is 1. The van der Waals surface area contributed by atoms with E-state index in [1.54, 1.807) is 18.2 Å². The van der Waals surface area contributed by atoms with Crippen molar-refractivity contribution in [3.8, 4) is 11.5 Å². The molecule has 1 aromatic heterocycles. The third kappa shape index (κ3) is 4.44. The summed E-state index contributed by atoms with van der Waals surface area (Å²) in [5.41, 5.74) is 0.719. The second-order valence-corrected chi connectivity index (χ2v) is 6.51. The molecule has 0 amide bonds. The number of hydrogen-bond acceptors (Lipinski definition) is 8. The fourth-order valence-corrected chi connectivity index (χ4v) is 2.78. The predicted molar refractivity (Wildman–Crippen MR) is 98.7 cm³/mol. The van der Waals surface area contributed by atoms with Gasteiger partial charge >= 0.3 is 5.97 Å². The van der Waals surface area contributed by atoms with Gasteiger partial charge in [0.15, 0.2) is 6.61 Å². The van der Waals surface area contributed by atoms with E-state index < -0.39 is 10.9 Å². The molecule has 0 saturated heterocycles. The Kier molecular flexibility index (Phi) is 5.72. The molecule has 0 unspecified atom stereocenters. The lowest BCUT2D eigenvalue weighted by Gasteiger charge is -2.05. The minimum Gasteiger partial charge on any atom is -0.452 e. The molecule has 0 fully saturated rings. The summed E-state index contributed by atoms with van der Waals surface area (Å²) in [5.74, 6) is -0.349. The van der Waals surface area contributed by atoms with Crippen LogP contribution in [0.2, 0.25) is 5.02 Å². The number of hydrogen-bond donors (Lipinski definition) is 0. The second kappa shape index (κ2) is 8.19. The summed E-state index contributed by atoms with van der Waals surface area (Å²) < 4.78 is 10.6. The van der Waals surface area contributed by atoms with E-state index in [1.807, 2.05) is 6.26 Å². The van der Waals surface area contributed by atoms with E-state index in [1.165, 1.54) is 36.0 Å². The lowest BCUT2D eigenvalue weighted by molar-refractivity contribution is -0.384. The normalized spacial score (nSPS) is 10.6. The maximum absolute atomic E-state index is 12.2. The van der Waals surface area contributed by atoms with Crippen LogP contribution in [0, 0.1) is 10.1 Å². The van der Waals surface area contributed by atoms with Gasteiger partial charge < -0.3 is 9.15 Å². The summed E-state index contributed by atoms with van der Waals surface area (Å²) in [7, 11) is 0. The molecule has 27 heavy (non-hydrogen) atoms. The summed E-state index contributed by atoms with van der Waals surface area (Å²) in [6.45, 7) is -0.224. The Labute approximate surface area is 162 Å². The van der Waals surface area contributed by atoms with Gasteiger partial charge in [0.05, 0.1) is 15.5 Å². The van der Waals surface area contributed by atoms with Crippen LogP contribution in [-0.2, 0) is 11.3 Å². The highest BCUT2D eigenvalue weighted by molar-refractivity contribution is 7.98. The molecule has 8 nitrogen and oxygen atoms in total. The average molecular weight is 406 g/mol. The van der Waals surface area contributed by atoms with Gasteiger partial charge in [-0.3, -0.25) is 10.1 Å². The number of nitro benzene ring substituents is 1. The van der Waals surface area contributed by atoms with Crippen LogP contribution in [0.15, 0.2) is 51.8 Å². The monoisotopic (exact) mass is 405 g/mol. The maximum atomic E-state index is 12.2. The minimum atomic E-state index is -0.606. The third-order valence-electron chi connectivity index (χ3n) is 3.51. The van der Waals surface area contributed by atoms with Crippen molar-refractivity contribution in [2.24, 2.45) is 0 Å². The molecule has 3 aromatic rings. The molecule has 10 heteroatoms. The Balaban J connectivity index is 1.67. The molecular weight excluding hydrogens is 394 g/mol. The summed E-state index contributed by atoms with van der Waals surface area (Å²) in [5, 5.41) is 18.6. The number of nitrogens with zero attached hydrogens (tertiary/aromatic N) is 3. The molecule has 0 bridgehead atoms. The van der Waals surface area contributed by atoms with E-state index in [0.29, 0.717) is 5.56 Å². The van der Waals surface area contributed by atoms with Crippen molar-refractivity contribution in [2.75, 3.05) is 6.26 Å². The van der Waals surface area contributed by atoms with Gasteiger partial charge in [-0.15, -0.1) is 22.0 Å². The summed E-state index contributed by atoms with van der Waals surface area (Å²) in [4.78, 5) is 23.3.